The zero-order chi connectivity index (χ0) is 18.1. The van der Waals surface area contributed by atoms with Crippen LogP contribution in [0.2, 0.25) is 0 Å². The summed E-state index contributed by atoms with van der Waals surface area (Å²) in [7, 11) is 1.64. The minimum atomic E-state index is -0.254. The molecule has 0 spiro atoms. The van der Waals surface area contributed by atoms with Crippen LogP contribution in [0.5, 0.6) is 0 Å². The van der Waals surface area contributed by atoms with Crippen molar-refractivity contribution in [3.05, 3.63) is 29.8 Å². The van der Waals surface area contributed by atoms with Crippen molar-refractivity contribution in [3.8, 4) is 0 Å². The van der Waals surface area contributed by atoms with E-state index in [0.717, 1.165) is 32.4 Å². The molecule has 3 amide bonds. The Morgan fingerprint density at radius 3 is 2.36 bits per heavy atom. The Hall–Kier alpha value is -2.08. The SMILES string of the molecule is COCCC(C)NC(=O)Nc1ccc(C(=O)N2CCCCCC2)cc1. The van der Waals surface area contributed by atoms with E-state index >= 15 is 0 Å². The number of nitrogens with one attached hydrogen (secondary N) is 2. The molecule has 0 radical (unpaired) electrons. The Kier molecular flexibility index (Phi) is 7.73. The van der Waals surface area contributed by atoms with Gasteiger partial charge in [0.25, 0.3) is 5.91 Å². The molecule has 0 bridgehead atoms. The average Bonchev–Trinajstić information content (AvgIpc) is 2.89. The molecule has 2 N–H and O–H groups in total. The van der Waals surface area contributed by atoms with Crippen molar-refractivity contribution in [2.45, 2.75) is 45.1 Å². The molecule has 138 valence electrons. The molecule has 0 aromatic heterocycles. The van der Waals surface area contributed by atoms with Gasteiger partial charge in [0.05, 0.1) is 0 Å². The third-order valence-electron chi connectivity index (χ3n) is 4.42. The summed E-state index contributed by atoms with van der Waals surface area (Å²) < 4.78 is 5.00. The average molecular weight is 347 g/mol. The van der Waals surface area contributed by atoms with Crippen molar-refractivity contribution in [1.29, 1.82) is 0 Å². The van der Waals surface area contributed by atoms with E-state index in [4.69, 9.17) is 4.74 Å². The lowest BCUT2D eigenvalue weighted by atomic mass is 10.1. The van der Waals surface area contributed by atoms with Crippen molar-refractivity contribution in [2.24, 2.45) is 0 Å². The Balaban J connectivity index is 1.86. The molecule has 6 nitrogen and oxygen atoms in total. The molecule has 1 saturated heterocycles. The first-order valence-electron chi connectivity index (χ1n) is 9.06. The number of hydrogen-bond acceptors (Lipinski definition) is 3. The van der Waals surface area contributed by atoms with Crippen molar-refractivity contribution < 1.29 is 14.3 Å². The first kappa shape index (κ1) is 19.2. The fourth-order valence-electron chi connectivity index (χ4n) is 2.91. The van der Waals surface area contributed by atoms with E-state index in [1.54, 1.807) is 31.4 Å². The van der Waals surface area contributed by atoms with Crippen molar-refractivity contribution in [2.75, 3.05) is 32.1 Å². The van der Waals surface area contributed by atoms with E-state index in [1.807, 2.05) is 11.8 Å². The molecule has 1 aliphatic rings. The summed E-state index contributed by atoms with van der Waals surface area (Å²) >= 11 is 0. The number of amides is 3. The Morgan fingerprint density at radius 2 is 1.76 bits per heavy atom. The zero-order valence-corrected chi connectivity index (χ0v) is 15.2. The quantitative estimate of drug-likeness (QED) is 0.830. The fraction of sp³-hybridized carbons (Fsp3) is 0.579. The number of carbonyl (C=O) groups is 2. The monoisotopic (exact) mass is 347 g/mol. The maximum atomic E-state index is 12.5. The fourth-order valence-corrected chi connectivity index (χ4v) is 2.91. The van der Waals surface area contributed by atoms with Gasteiger partial charge in [-0.1, -0.05) is 12.8 Å². The standard InChI is InChI=1S/C19H29N3O3/c1-15(11-14-25-2)20-19(24)21-17-9-7-16(8-10-17)18(23)22-12-5-3-4-6-13-22/h7-10,15H,3-6,11-14H2,1-2H3,(H2,20,21,24). The zero-order valence-electron chi connectivity index (χ0n) is 15.2. The summed E-state index contributed by atoms with van der Waals surface area (Å²) in [5, 5.41) is 5.64. The number of hydrogen-bond donors (Lipinski definition) is 2. The number of anilines is 1. The van der Waals surface area contributed by atoms with Gasteiger partial charge in [-0.05, 0) is 50.5 Å². The highest BCUT2D eigenvalue weighted by Crippen LogP contribution is 2.15. The third kappa shape index (κ3) is 6.38. The van der Waals surface area contributed by atoms with Crippen LogP contribution in [0.1, 0.15) is 49.4 Å². The van der Waals surface area contributed by atoms with Gasteiger partial charge in [0.2, 0.25) is 0 Å². The molecule has 6 heteroatoms. The second-order valence-corrected chi connectivity index (χ2v) is 6.56. The summed E-state index contributed by atoms with van der Waals surface area (Å²) in [6.45, 7) is 4.21. The van der Waals surface area contributed by atoms with Crippen molar-refractivity contribution in [3.63, 3.8) is 0 Å². The number of ether oxygens (including phenoxy) is 1. The largest absolute Gasteiger partial charge is 0.385 e. The molecule has 1 atom stereocenters. The predicted molar refractivity (Wildman–Crippen MR) is 98.9 cm³/mol. The minimum Gasteiger partial charge on any atom is -0.385 e. The molecular formula is C19H29N3O3. The van der Waals surface area contributed by atoms with Crippen molar-refractivity contribution >= 4 is 17.6 Å². The van der Waals surface area contributed by atoms with Gasteiger partial charge in [0, 0.05) is 44.1 Å². The van der Waals surface area contributed by atoms with Crippen LogP contribution >= 0.6 is 0 Å². The van der Waals surface area contributed by atoms with Crippen LogP contribution in [0.3, 0.4) is 0 Å². The Bertz CT molecular complexity index is 552. The Morgan fingerprint density at radius 1 is 1.12 bits per heavy atom. The lowest BCUT2D eigenvalue weighted by Gasteiger charge is -2.20. The van der Waals surface area contributed by atoms with E-state index < -0.39 is 0 Å². The number of methoxy groups -OCH3 is 1. The van der Waals surface area contributed by atoms with E-state index in [0.29, 0.717) is 17.9 Å². The summed E-state index contributed by atoms with van der Waals surface area (Å²) in [5.41, 5.74) is 1.34. The summed E-state index contributed by atoms with van der Waals surface area (Å²) in [5.74, 6) is 0.0751. The van der Waals surface area contributed by atoms with Crippen LogP contribution in [-0.4, -0.2) is 49.7 Å². The third-order valence-corrected chi connectivity index (χ3v) is 4.42. The minimum absolute atomic E-state index is 0.0313. The first-order valence-corrected chi connectivity index (χ1v) is 9.06. The molecule has 25 heavy (non-hydrogen) atoms. The second kappa shape index (κ2) is 10.0. The van der Waals surface area contributed by atoms with Gasteiger partial charge in [0.15, 0.2) is 0 Å². The van der Waals surface area contributed by atoms with Crippen LogP contribution in [-0.2, 0) is 4.74 Å². The number of likely N-dealkylation sites (tertiary alicyclic amines) is 1. The van der Waals surface area contributed by atoms with Gasteiger partial charge < -0.3 is 20.3 Å². The number of urea groups is 1. The summed E-state index contributed by atoms with van der Waals surface area (Å²) in [6, 6.07) is 6.86. The molecule has 0 aliphatic carbocycles. The second-order valence-electron chi connectivity index (χ2n) is 6.56. The van der Waals surface area contributed by atoms with Gasteiger partial charge in [0.1, 0.15) is 0 Å². The maximum Gasteiger partial charge on any atom is 0.319 e. The van der Waals surface area contributed by atoms with Crippen LogP contribution in [0.25, 0.3) is 0 Å². The van der Waals surface area contributed by atoms with E-state index in [9.17, 15) is 9.59 Å². The van der Waals surface area contributed by atoms with Gasteiger partial charge >= 0.3 is 6.03 Å². The van der Waals surface area contributed by atoms with E-state index in [1.165, 1.54) is 12.8 Å². The molecule has 1 heterocycles. The smallest absolute Gasteiger partial charge is 0.319 e. The highest BCUT2D eigenvalue weighted by atomic mass is 16.5. The molecular weight excluding hydrogens is 318 g/mol. The molecule has 0 saturated carbocycles. The highest BCUT2D eigenvalue weighted by Gasteiger charge is 2.17. The van der Waals surface area contributed by atoms with Crippen LogP contribution < -0.4 is 10.6 Å². The van der Waals surface area contributed by atoms with Gasteiger partial charge in [-0.25, -0.2) is 4.79 Å². The van der Waals surface area contributed by atoms with Crippen molar-refractivity contribution in [1.82, 2.24) is 10.2 Å². The normalized spacial score (nSPS) is 16.0. The molecule has 1 fully saturated rings. The lowest BCUT2D eigenvalue weighted by molar-refractivity contribution is 0.0761. The van der Waals surface area contributed by atoms with Crippen LogP contribution in [0.4, 0.5) is 10.5 Å². The number of nitrogens with zero attached hydrogens (tertiary/aromatic N) is 1. The lowest BCUT2D eigenvalue weighted by Crippen LogP contribution is -2.36. The van der Waals surface area contributed by atoms with Gasteiger partial charge in [-0.15, -0.1) is 0 Å². The topological polar surface area (TPSA) is 70.7 Å². The molecule has 1 unspecified atom stereocenters. The van der Waals surface area contributed by atoms with Crippen LogP contribution in [0.15, 0.2) is 24.3 Å². The van der Waals surface area contributed by atoms with Crippen LogP contribution in [0, 0.1) is 0 Å². The number of benzene rings is 1. The molecule has 2 rings (SSSR count). The molecule has 1 aromatic carbocycles. The summed E-state index contributed by atoms with van der Waals surface area (Å²) in [4.78, 5) is 26.4. The first-order chi connectivity index (χ1) is 12.1. The number of rotatable bonds is 6. The molecule has 1 aromatic rings. The van der Waals surface area contributed by atoms with E-state index in [-0.39, 0.29) is 18.0 Å². The predicted octanol–water partition coefficient (Wildman–Crippen LogP) is 3.25. The van der Waals surface area contributed by atoms with Gasteiger partial charge in [-0.3, -0.25) is 4.79 Å². The van der Waals surface area contributed by atoms with Gasteiger partial charge in [-0.2, -0.15) is 0 Å². The Labute approximate surface area is 149 Å². The highest BCUT2D eigenvalue weighted by molar-refractivity contribution is 5.95. The summed E-state index contributed by atoms with van der Waals surface area (Å²) in [6.07, 6.45) is 5.31. The van der Waals surface area contributed by atoms with E-state index in [2.05, 4.69) is 10.6 Å². The maximum absolute atomic E-state index is 12.5. The number of carbonyl (C=O) groups excluding carboxylic acids is 2. The molecule has 1 aliphatic heterocycles.